The zero-order valence-electron chi connectivity index (χ0n) is 12.8. The van der Waals surface area contributed by atoms with Crippen molar-refractivity contribution in [2.24, 2.45) is 5.73 Å². The van der Waals surface area contributed by atoms with Gasteiger partial charge >= 0.3 is 11.9 Å². The van der Waals surface area contributed by atoms with E-state index in [2.05, 4.69) is 10.1 Å². The molecule has 0 unspecified atom stereocenters. The molecule has 0 aromatic heterocycles. The van der Waals surface area contributed by atoms with E-state index in [4.69, 9.17) is 15.6 Å². The van der Waals surface area contributed by atoms with Crippen LogP contribution in [0.4, 0.5) is 0 Å². The molecule has 0 aliphatic rings. The molecule has 0 saturated heterocycles. The van der Waals surface area contributed by atoms with Crippen LogP contribution >= 0.6 is 0 Å². The predicted octanol–water partition coefficient (Wildman–Crippen LogP) is -0.349. The summed E-state index contributed by atoms with van der Waals surface area (Å²) in [6.07, 6.45) is 0.189. The molecule has 0 rings (SSSR count). The number of rotatable bonds is 9. The summed E-state index contributed by atoms with van der Waals surface area (Å²) in [4.78, 5) is 33.9. The molecule has 0 aliphatic heterocycles. The minimum Gasteiger partial charge on any atom is -0.481 e. The Morgan fingerprint density at radius 1 is 1.33 bits per heavy atom. The van der Waals surface area contributed by atoms with E-state index < -0.39 is 42.0 Å². The fraction of sp³-hybridized carbons (Fsp3) is 0.769. The molecule has 122 valence electrons. The molecule has 0 aliphatic carbocycles. The summed E-state index contributed by atoms with van der Waals surface area (Å²) in [5, 5.41) is 10.9. The number of amides is 1. The standard InChI is InChI=1S/C13H24N2O6/c1-5-13(2,3)21-7-9(12(19)20-4)15-11(18)8(14)6-10(16)17/h8-9H,5-7,14H2,1-4H3,(H,15,18)(H,16,17)/t8-,9-/m0/s1. The van der Waals surface area contributed by atoms with Crippen molar-refractivity contribution in [2.75, 3.05) is 13.7 Å². The van der Waals surface area contributed by atoms with E-state index in [1.165, 1.54) is 7.11 Å². The number of esters is 1. The zero-order valence-corrected chi connectivity index (χ0v) is 12.8. The molecule has 0 bridgehead atoms. The number of methoxy groups -OCH3 is 1. The molecule has 0 saturated carbocycles. The molecule has 0 spiro atoms. The minimum atomic E-state index is -1.24. The minimum absolute atomic E-state index is 0.0843. The summed E-state index contributed by atoms with van der Waals surface area (Å²) in [5.41, 5.74) is 4.97. The summed E-state index contributed by atoms with van der Waals surface area (Å²) in [5.74, 6) is -2.63. The van der Waals surface area contributed by atoms with Gasteiger partial charge in [0, 0.05) is 0 Å². The molecule has 8 heteroatoms. The summed E-state index contributed by atoms with van der Waals surface area (Å²) in [6, 6.07) is -2.28. The van der Waals surface area contributed by atoms with Crippen molar-refractivity contribution in [3.8, 4) is 0 Å². The highest BCUT2D eigenvalue weighted by Gasteiger charge is 2.28. The van der Waals surface area contributed by atoms with Gasteiger partial charge in [-0.15, -0.1) is 0 Å². The summed E-state index contributed by atoms with van der Waals surface area (Å²) >= 11 is 0. The van der Waals surface area contributed by atoms with Gasteiger partial charge in [0.1, 0.15) is 0 Å². The third-order valence-corrected chi connectivity index (χ3v) is 3.03. The second-order valence-electron chi connectivity index (χ2n) is 5.21. The fourth-order valence-corrected chi connectivity index (χ4v) is 1.28. The number of carbonyl (C=O) groups excluding carboxylic acids is 2. The van der Waals surface area contributed by atoms with Gasteiger partial charge in [0.05, 0.1) is 31.8 Å². The molecule has 8 nitrogen and oxygen atoms in total. The molecule has 4 N–H and O–H groups in total. The number of carbonyl (C=O) groups is 3. The number of nitrogens with one attached hydrogen (secondary N) is 1. The molecule has 0 heterocycles. The van der Waals surface area contributed by atoms with Gasteiger partial charge in [-0.05, 0) is 20.3 Å². The maximum absolute atomic E-state index is 11.7. The van der Waals surface area contributed by atoms with Crippen LogP contribution in [-0.4, -0.2) is 54.4 Å². The number of hydrogen-bond donors (Lipinski definition) is 3. The number of carboxylic acid groups (broad SMARTS) is 1. The molecule has 0 fully saturated rings. The maximum Gasteiger partial charge on any atom is 0.330 e. The summed E-state index contributed by atoms with van der Waals surface area (Å²) in [6.45, 7) is 5.53. The lowest BCUT2D eigenvalue weighted by Gasteiger charge is -2.26. The Balaban J connectivity index is 4.67. The maximum atomic E-state index is 11.7. The van der Waals surface area contributed by atoms with E-state index in [-0.39, 0.29) is 6.61 Å². The first kappa shape index (κ1) is 19.3. The van der Waals surface area contributed by atoms with Crippen LogP contribution in [0, 0.1) is 0 Å². The van der Waals surface area contributed by atoms with Crippen molar-refractivity contribution in [1.29, 1.82) is 0 Å². The van der Waals surface area contributed by atoms with E-state index >= 15 is 0 Å². The van der Waals surface area contributed by atoms with Crippen molar-refractivity contribution >= 4 is 17.8 Å². The number of carboxylic acids is 1. The number of ether oxygens (including phenoxy) is 2. The Bertz CT molecular complexity index is 383. The van der Waals surface area contributed by atoms with Gasteiger partial charge in [-0.1, -0.05) is 6.92 Å². The zero-order chi connectivity index (χ0) is 16.6. The second-order valence-corrected chi connectivity index (χ2v) is 5.21. The topological polar surface area (TPSA) is 128 Å². The highest BCUT2D eigenvalue weighted by atomic mass is 16.5. The Morgan fingerprint density at radius 2 is 1.90 bits per heavy atom. The van der Waals surface area contributed by atoms with Crippen LogP contribution in [0.15, 0.2) is 0 Å². The van der Waals surface area contributed by atoms with Gasteiger partial charge < -0.3 is 25.6 Å². The van der Waals surface area contributed by atoms with Gasteiger partial charge in [0.25, 0.3) is 0 Å². The third-order valence-electron chi connectivity index (χ3n) is 3.03. The Morgan fingerprint density at radius 3 is 2.33 bits per heavy atom. The molecule has 1 amide bonds. The number of hydrogen-bond acceptors (Lipinski definition) is 6. The van der Waals surface area contributed by atoms with Crippen molar-refractivity contribution in [1.82, 2.24) is 5.32 Å². The number of aliphatic carboxylic acids is 1. The summed E-state index contributed by atoms with van der Waals surface area (Å²) in [7, 11) is 1.18. The highest BCUT2D eigenvalue weighted by molar-refractivity contribution is 5.89. The summed E-state index contributed by atoms with van der Waals surface area (Å²) < 4.78 is 10.1. The van der Waals surface area contributed by atoms with Crippen LogP contribution in [-0.2, 0) is 23.9 Å². The molecular weight excluding hydrogens is 280 g/mol. The SMILES string of the molecule is CCC(C)(C)OC[C@H](NC(=O)[C@@H](N)CC(=O)O)C(=O)OC. The molecular formula is C13H24N2O6. The van der Waals surface area contributed by atoms with Crippen LogP contribution in [0.3, 0.4) is 0 Å². The average Bonchev–Trinajstić information content (AvgIpc) is 2.41. The van der Waals surface area contributed by atoms with Gasteiger partial charge in [-0.3, -0.25) is 9.59 Å². The first-order valence-corrected chi connectivity index (χ1v) is 6.62. The Labute approximate surface area is 124 Å². The van der Waals surface area contributed by atoms with Gasteiger partial charge in [0.2, 0.25) is 5.91 Å². The smallest absolute Gasteiger partial charge is 0.330 e. The van der Waals surface area contributed by atoms with Gasteiger partial charge in [-0.25, -0.2) is 4.79 Å². The molecule has 0 aromatic rings. The van der Waals surface area contributed by atoms with Crippen LogP contribution in [0.5, 0.6) is 0 Å². The average molecular weight is 304 g/mol. The normalized spacial score (nSPS) is 14.1. The third kappa shape index (κ3) is 7.62. The van der Waals surface area contributed by atoms with E-state index in [9.17, 15) is 14.4 Å². The highest BCUT2D eigenvalue weighted by Crippen LogP contribution is 2.13. The van der Waals surface area contributed by atoms with Gasteiger partial charge in [0.15, 0.2) is 6.04 Å². The van der Waals surface area contributed by atoms with Crippen molar-refractivity contribution < 1.29 is 29.0 Å². The Kier molecular flexibility index (Phi) is 7.90. The fourth-order valence-electron chi connectivity index (χ4n) is 1.28. The molecule has 21 heavy (non-hydrogen) atoms. The van der Waals surface area contributed by atoms with Crippen LogP contribution in [0.1, 0.15) is 33.6 Å². The lowest BCUT2D eigenvalue weighted by atomic mass is 10.1. The predicted molar refractivity (Wildman–Crippen MR) is 74.5 cm³/mol. The largest absolute Gasteiger partial charge is 0.481 e. The van der Waals surface area contributed by atoms with E-state index in [1.807, 2.05) is 20.8 Å². The first-order chi connectivity index (χ1) is 9.62. The van der Waals surface area contributed by atoms with Crippen LogP contribution < -0.4 is 11.1 Å². The Hall–Kier alpha value is -1.67. The van der Waals surface area contributed by atoms with E-state index in [1.54, 1.807) is 0 Å². The van der Waals surface area contributed by atoms with Crippen molar-refractivity contribution in [2.45, 2.75) is 51.3 Å². The second kappa shape index (κ2) is 8.58. The van der Waals surface area contributed by atoms with Crippen LogP contribution in [0.25, 0.3) is 0 Å². The lowest BCUT2D eigenvalue weighted by Crippen LogP contribution is -2.52. The first-order valence-electron chi connectivity index (χ1n) is 6.62. The molecule has 0 radical (unpaired) electrons. The van der Waals surface area contributed by atoms with Crippen molar-refractivity contribution in [3.05, 3.63) is 0 Å². The monoisotopic (exact) mass is 304 g/mol. The van der Waals surface area contributed by atoms with E-state index in [0.29, 0.717) is 6.42 Å². The van der Waals surface area contributed by atoms with Crippen LogP contribution in [0.2, 0.25) is 0 Å². The number of nitrogens with two attached hydrogens (primary N) is 1. The lowest BCUT2D eigenvalue weighted by molar-refractivity contribution is -0.149. The van der Waals surface area contributed by atoms with Crippen molar-refractivity contribution in [3.63, 3.8) is 0 Å². The quantitative estimate of drug-likeness (QED) is 0.497. The molecule has 2 atom stereocenters. The van der Waals surface area contributed by atoms with Gasteiger partial charge in [-0.2, -0.15) is 0 Å². The molecule has 0 aromatic carbocycles. The van der Waals surface area contributed by atoms with E-state index in [0.717, 1.165) is 0 Å².